The largest absolute Gasteiger partial charge is 0.481 e. The first-order valence-corrected chi connectivity index (χ1v) is 34.3. The summed E-state index contributed by atoms with van der Waals surface area (Å²) in [6.45, 7) is -3.35. The lowest BCUT2D eigenvalue weighted by atomic mass is 9.72. The standard InChI is InChI=1S/C62H98O38/c63-16-33-40(70)45(75)50(80)58(96-33)90-24-6-1-21(2-7-24)56(85)88-19-36-43(73)47(77)52(82)60(98-36)92-26-12-29(66)27-14-32(95-62-54(84)48(78)42(72)35(99-62)18-87-39(69)15-38(67)68)55(93-30(27)13-26)23-5-10-28(65)31(11-23)94-61-53(83)49(79)44(74)37(100-61)20-89-57(86)22-3-8-25(9-4-22)91-59-51(81)46(76)41(71)34(17-64)97-59/h21-37,40-55,58-66,70-84H,1-20H2,(H,67,68)/p+1. The van der Waals surface area contributed by atoms with Crippen LogP contribution >= 0.6 is 0 Å². The van der Waals surface area contributed by atoms with Gasteiger partial charge in [-0.05, 0) is 77.0 Å². The first-order chi connectivity index (χ1) is 47.5. The van der Waals surface area contributed by atoms with E-state index < -0.39 is 295 Å². The van der Waals surface area contributed by atoms with Crippen LogP contribution in [0.2, 0.25) is 0 Å². The number of hydrogen-bond acceptors (Lipinski definition) is 36. The highest BCUT2D eigenvalue weighted by Crippen LogP contribution is 2.45. The monoisotopic (exact) mass is 1450 g/mol. The van der Waals surface area contributed by atoms with Crippen molar-refractivity contribution < 1.29 is 188 Å². The Morgan fingerprint density at radius 3 is 1.14 bits per heavy atom. The van der Waals surface area contributed by atoms with Gasteiger partial charge in [0.25, 0.3) is 0 Å². The second-order valence-corrected chi connectivity index (χ2v) is 28.1. The summed E-state index contributed by atoms with van der Waals surface area (Å²) in [5, 5.41) is 213. The van der Waals surface area contributed by atoms with Crippen LogP contribution in [0.4, 0.5) is 0 Å². The van der Waals surface area contributed by atoms with Crippen molar-refractivity contribution in [1.29, 1.82) is 0 Å². The van der Waals surface area contributed by atoms with Gasteiger partial charge in [-0.1, -0.05) is 0 Å². The van der Waals surface area contributed by atoms with Gasteiger partial charge in [0, 0.05) is 18.8 Å². The van der Waals surface area contributed by atoms with Crippen LogP contribution in [-0.4, -0.2) is 372 Å². The van der Waals surface area contributed by atoms with E-state index in [1.165, 1.54) is 0 Å². The molecule has 34 unspecified atom stereocenters. The van der Waals surface area contributed by atoms with Crippen LogP contribution in [0.5, 0.6) is 0 Å². The summed E-state index contributed by atoms with van der Waals surface area (Å²) in [6, 6.07) is 0. The van der Waals surface area contributed by atoms with Crippen LogP contribution in [0, 0.1) is 23.7 Å². The minimum Gasteiger partial charge on any atom is -0.481 e. The van der Waals surface area contributed by atoms with E-state index in [-0.39, 0.29) is 89.9 Å². The molecule has 0 spiro atoms. The molecular weight excluding hydrogens is 1350 g/mol. The summed E-state index contributed by atoms with van der Waals surface area (Å²) in [5.41, 5.74) is 0. The number of carbonyl (C=O) groups excluding carboxylic acids is 3. The molecule has 21 N–H and O–H groups in total. The Hall–Kier alpha value is -3.32. The van der Waals surface area contributed by atoms with E-state index >= 15 is 0 Å². The van der Waals surface area contributed by atoms with Crippen molar-refractivity contribution in [1.82, 2.24) is 0 Å². The molecule has 0 radical (unpaired) electrons. The average molecular weight is 1450 g/mol. The molecule has 6 aliphatic heterocycles. The lowest BCUT2D eigenvalue weighted by Gasteiger charge is -2.50. The Bertz CT molecular complexity index is 2610. The van der Waals surface area contributed by atoms with Gasteiger partial charge in [0.2, 0.25) is 0 Å². The highest BCUT2D eigenvalue weighted by Gasteiger charge is 2.58. The van der Waals surface area contributed by atoms with E-state index in [2.05, 4.69) is 0 Å². The van der Waals surface area contributed by atoms with E-state index in [1.54, 1.807) is 0 Å². The van der Waals surface area contributed by atoms with E-state index in [0.717, 1.165) is 0 Å². The van der Waals surface area contributed by atoms with E-state index in [1.807, 2.05) is 0 Å². The molecule has 6 heterocycles. The number of carboxylic acid groups (broad SMARTS) is 1. The Morgan fingerprint density at radius 1 is 0.360 bits per heavy atom. The number of carboxylic acids is 1. The number of fused-ring (bicyclic) bond motifs is 1. The topological polar surface area (TPSA) is 606 Å². The molecule has 574 valence electrons. The molecule has 10 fully saturated rings. The van der Waals surface area contributed by atoms with Crippen LogP contribution < -0.4 is 0 Å². The van der Waals surface area contributed by atoms with Gasteiger partial charge in [0.05, 0.1) is 67.6 Å². The maximum Gasteiger partial charge on any atom is 0.317 e. The fourth-order valence-electron chi connectivity index (χ4n) is 15.3. The average Bonchev–Trinajstić information content (AvgIpc) is 0.761. The third-order valence-electron chi connectivity index (χ3n) is 21.3. The van der Waals surface area contributed by atoms with Crippen LogP contribution in [-0.2, 0) is 80.8 Å². The quantitative estimate of drug-likeness (QED) is 0.0195. The highest BCUT2D eigenvalue weighted by molar-refractivity contribution is 5.90. The fourth-order valence-corrected chi connectivity index (χ4v) is 15.3. The molecule has 0 aromatic heterocycles. The van der Waals surface area contributed by atoms with Gasteiger partial charge in [0.1, 0.15) is 154 Å². The third kappa shape index (κ3) is 18.4. The number of esters is 3. The number of aliphatic hydroxyl groups excluding tert-OH is 19. The van der Waals surface area contributed by atoms with Crippen molar-refractivity contribution in [2.24, 2.45) is 23.7 Å². The van der Waals surface area contributed by atoms with Gasteiger partial charge in [-0.15, -0.1) is 0 Å². The van der Waals surface area contributed by atoms with Crippen molar-refractivity contribution in [2.75, 3.05) is 33.0 Å². The first-order valence-electron chi connectivity index (χ1n) is 34.3. The number of carbonyl (C=O) groups is 4. The number of ether oxygens (including phenoxy) is 14. The van der Waals surface area contributed by atoms with Gasteiger partial charge in [-0.25, -0.2) is 0 Å². The lowest BCUT2D eigenvalue weighted by molar-refractivity contribution is -0.364. The van der Waals surface area contributed by atoms with Crippen molar-refractivity contribution in [3.63, 3.8) is 0 Å². The van der Waals surface area contributed by atoms with E-state index in [9.17, 15) is 116 Å². The summed E-state index contributed by atoms with van der Waals surface area (Å²) in [5.74, 6) is -6.94. The molecule has 0 aromatic carbocycles. The zero-order valence-electron chi connectivity index (χ0n) is 54.4. The second-order valence-electron chi connectivity index (χ2n) is 28.1. The molecular formula is C62H99O38+. The molecule has 6 saturated heterocycles. The summed E-state index contributed by atoms with van der Waals surface area (Å²) in [6.07, 6.45) is -49.9. The van der Waals surface area contributed by atoms with Crippen LogP contribution in [0.3, 0.4) is 0 Å². The maximum absolute atomic E-state index is 13.4. The Kier molecular flexibility index (Phi) is 27.7. The minimum atomic E-state index is -1.99. The fraction of sp³-hybridized carbons (Fsp3) is 0.935. The predicted octanol–water partition coefficient (Wildman–Crippen LogP) is -9.98. The van der Waals surface area contributed by atoms with Crippen LogP contribution in [0.1, 0.15) is 96.3 Å². The molecule has 0 aromatic rings. The smallest absolute Gasteiger partial charge is 0.317 e. The molecule has 38 heteroatoms. The van der Waals surface area contributed by atoms with Gasteiger partial charge in [0.15, 0.2) is 43.7 Å². The Labute approximate surface area is 571 Å². The Balaban J connectivity index is 0.773. The molecule has 4 aliphatic carbocycles. The van der Waals surface area contributed by atoms with Crippen LogP contribution in [0.15, 0.2) is 0 Å². The van der Waals surface area contributed by atoms with Gasteiger partial charge < -0.3 is 168 Å². The van der Waals surface area contributed by atoms with Crippen molar-refractivity contribution >= 4 is 23.9 Å². The molecule has 0 amide bonds. The lowest BCUT2D eigenvalue weighted by Crippen LogP contribution is -2.64. The van der Waals surface area contributed by atoms with Gasteiger partial charge in [-0.2, -0.15) is 0 Å². The predicted molar refractivity (Wildman–Crippen MR) is 317 cm³/mol. The van der Waals surface area contributed by atoms with Crippen molar-refractivity contribution in [3.8, 4) is 0 Å². The minimum absolute atomic E-state index is 0.000622. The molecule has 10 aliphatic rings. The van der Waals surface area contributed by atoms with E-state index in [4.69, 9.17) is 71.4 Å². The molecule has 10 rings (SSSR count). The molecule has 34 atom stereocenters. The Morgan fingerprint density at radius 2 is 0.730 bits per heavy atom. The van der Waals surface area contributed by atoms with E-state index in [0.29, 0.717) is 0 Å². The SMILES string of the molecule is O=C(O)CC(=O)OCC1OC(OC2CC3C(O)CC(OC4OC(COC(=O)C5CCC(OC6OC(CO)C(O)C(O)C6O)CC5)C(O)C(O)C4O)CC3[OH+]C2C2CCC(O)C(OC3OC(COC(=O)C4CCC(OC5OC(CO)C(O)C(O)C5O)CC4)C(O)C(O)C3O)C2)C(O)C(O)C1O. The number of aliphatic carboxylic acids is 1. The maximum atomic E-state index is 13.4. The van der Waals surface area contributed by atoms with Crippen molar-refractivity contribution in [3.05, 3.63) is 0 Å². The molecule has 0 bridgehead atoms. The summed E-state index contributed by atoms with van der Waals surface area (Å²) in [4.78, 5) is 50.2. The first kappa shape index (κ1) is 79.2. The summed E-state index contributed by atoms with van der Waals surface area (Å²) in [7, 11) is 0. The molecule has 100 heavy (non-hydrogen) atoms. The van der Waals surface area contributed by atoms with Gasteiger partial charge >= 0.3 is 23.9 Å². The third-order valence-corrected chi connectivity index (χ3v) is 21.3. The second kappa shape index (κ2) is 34.9. The number of rotatable bonds is 23. The zero-order valence-corrected chi connectivity index (χ0v) is 54.4. The number of aliphatic hydroxyl groups is 21. The summed E-state index contributed by atoms with van der Waals surface area (Å²) >= 11 is 0. The molecule has 4 saturated carbocycles. The van der Waals surface area contributed by atoms with Gasteiger partial charge in [-0.3, -0.25) is 19.2 Å². The summed E-state index contributed by atoms with van der Waals surface area (Å²) < 4.78 is 80.6. The van der Waals surface area contributed by atoms with Crippen molar-refractivity contribution in [2.45, 2.75) is 305 Å². The molecule has 38 nitrogen and oxygen atoms in total. The number of hydrogen-bond donors (Lipinski definition) is 20. The zero-order chi connectivity index (χ0) is 72.3. The highest BCUT2D eigenvalue weighted by atomic mass is 16.7. The van der Waals surface area contributed by atoms with Crippen LogP contribution in [0.25, 0.3) is 0 Å². The normalized spacial score (nSPS) is 48.8.